The first-order chi connectivity index (χ1) is 9.38. The van der Waals surface area contributed by atoms with Gasteiger partial charge in [0.15, 0.2) is 0 Å². The van der Waals surface area contributed by atoms with Gasteiger partial charge in [0, 0.05) is 11.1 Å². The molecule has 2 rings (SSSR count). The van der Waals surface area contributed by atoms with Crippen LogP contribution in [0.1, 0.15) is 35.2 Å². The van der Waals surface area contributed by atoms with E-state index >= 15 is 0 Å². The van der Waals surface area contributed by atoms with Gasteiger partial charge in [-0.2, -0.15) is 0 Å². The van der Waals surface area contributed by atoms with Crippen LogP contribution < -0.4 is 4.72 Å². The van der Waals surface area contributed by atoms with Crippen LogP contribution in [0.4, 0.5) is 0 Å². The van der Waals surface area contributed by atoms with Crippen LogP contribution in [-0.4, -0.2) is 13.4 Å². The summed E-state index contributed by atoms with van der Waals surface area (Å²) in [6.07, 6.45) is 1.74. The van der Waals surface area contributed by atoms with Crippen molar-refractivity contribution >= 4 is 21.4 Å². The van der Waals surface area contributed by atoms with Gasteiger partial charge < -0.3 is 0 Å². The lowest BCUT2D eigenvalue weighted by Crippen LogP contribution is -2.23. The van der Waals surface area contributed by atoms with Gasteiger partial charge in [-0.05, 0) is 30.5 Å². The number of nitrogens with zero attached hydrogens (tertiary/aromatic N) is 1. The lowest BCUT2D eigenvalue weighted by molar-refractivity contribution is 0.581. The minimum Gasteiger partial charge on any atom is -0.248 e. The molecule has 0 aliphatic heterocycles. The van der Waals surface area contributed by atoms with E-state index in [1.54, 1.807) is 18.3 Å². The quantitative estimate of drug-likeness (QED) is 0.923. The van der Waals surface area contributed by atoms with Crippen LogP contribution in [0.15, 0.2) is 35.4 Å². The maximum absolute atomic E-state index is 12.2. The third-order valence-corrected chi connectivity index (χ3v) is 5.27. The minimum absolute atomic E-state index is 0.229. The van der Waals surface area contributed by atoms with Crippen molar-refractivity contribution in [1.82, 2.24) is 9.71 Å². The molecule has 1 aromatic carbocycles. The van der Waals surface area contributed by atoms with E-state index in [2.05, 4.69) is 23.6 Å². The highest BCUT2D eigenvalue weighted by Crippen LogP contribution is 2.18. The number of rotatable bonds is 5. The molecule has 0 saturated carbocycles. The lowest BCUT2D eigenvalue weighted by Gasteiger charge is -2.08. The Morgan fingerprint density at radius 2 is 1.90 bits per heavy atom. The van der Waals surface area contributed by atoms with E-state index < -0.39 is 10.0 Å². The number of benzene rings is 1. The van der Waals surface area contributed by atoms with E-state index in [0.29, 0.717) is 5.92 Å². The topological polar surface area (TPSA) is 59.1 Å². The van der Waals surface area contributed by atoms with Crippen LogP contribution in [0.5, 0.6) is 0 Å². The second kappa shape index (κ2) is 6.03. The van der Waals surface area contributed by atoms with Crippen LogP contribution in [0, 0.1) is 6.92 Å². The van der Waals surface area contributed by atoms with Gasteiger partial charge in [-0.3, -0.25) is 0 Å². The van der Waals surface area contributed by atoms with Crippen LogP contribution in [0.25, 0.3) is 0 Å². The summed E-state index contributed by atoms with van der Waals surface area (Å²) in [4.78, 5) is 5.50. The molecule has 0 saturated heterocycles. The molecule has 6 heteroatoms. The molecule has 0 radical (unpaired) electrons. The number of thiazole rings is 1. The molecule has 0 amide bonds. The standard InChI is InChI=1S/C14H18N2O2S2/c1-10(2)12-4-6-13(7-5-12)20(17,18)16-9-14-15-8-11(3)19-14/h4-8,10,16H,9H2,1-3H3. The van der Waals surface area contributed by atoms with Crippen LogP contribution in [-0.2, 0) is 16.6 Å². The molecule has 20 heavy (non-hydrogen) atoms. The molecular weight excluding hydrogens is 292 g/mol. The van der Waals surface area contributed by atoms with Gasteiger partial charge in [0.1, 0.15) is 5.01 Å². The fraction of sp³-hybridized carbons (Fsp3) is 0.357. The number of nitrogens with one attached hydrogen (secondary N) is 1. The number of hydrogen-bond donors (Lipinski definition) is 1. The van der Waals surface area contributed by atoms with Gasteiger partial charge in [0.05, 0.1) is 11.4 Å². The van der Waals surface area contributed by atoms with Crippen molar-refractivity contribution in [3.8, 4) is 0 Å². The molecule has 0 unspecified atom stereocenters. The van der Waals surface area contributed by atoms with Crippen LogP contribution >= 0.6 is 11.3 Å². The molecular formula is C14H18N2O2S2. The fourth-order valence-corrected chi connectivity index (χ4v) is 3.56. The fourth-order valence-electron chi connectivity index (χ4n) is 1.76. The summed E-state index contributed by atoms with van der Waals surface area (Å²) in [7, 11) is -3.48. The van der Waals surface area contributed by atoms with Crippen molar-refractivity contribution in [2.45, 2.75) is 38.1 Å². The summed E-state index contributed by atoms with van der Waals surface area (Å²) in [6.45, 7) is 6.33. The molecule has 4 nitrogen and oxygen atoms in total. The predicted octanol–water partition coefficient (Wildman–Crippen LogP) is 3.05. The zero-order chi connectivity index (χ0) is 14.8. The second-order valence-electron chi connectivity index (χ2n) is 4.91. The first-order valence-electron chi connectivity index (χ1n) is 6.39. The SMILES string of the molecule is Cc1cnc(CNS(=O)(=O)c2ccc(C(C)C)cc2)s1. The van der Waals surface area contributed by atoms with E-state index in [0.717, 1.165) is 15.4 Å². The van der Waals surface area contributed by atoms with Crippen molar-refractivity contribution in [2.24, 2.45) is 0 Å². The first kappa shape index (κ1) is 15.2. The van der Waals surface area contributed by atoms with Crippen molar-refractivity contribution in [1.29, 1.82) is 0 Å². The molecule has 0 aliphatic carbocycles. The molecule has 1 aromatic heterocycles. The van der Waals surface area contributed by atoms with Gasteiger partial charge in [-0.1, -0.05) is 26.0 Å². The summed E-state index contributed by atoms with van der Waals surface area (Å²) in [6, 6.07) is 7.00. The molecule has 108 valence electrons. The molecule has 2 aromatic rings. The predicted molar refractivity (Wildman–Crippen MR) is 81.4 cm³/mol. The Labute approximate surface area is 123 Å². The summed E-state index contributed by atoms with van der Waals surface area (Å²) in [5, 5.41) is 0.768. The Morgan fingerprint density at radius 1 is 1.25 bits per heavy atom. The zero-order valence-corrected chi connectivity index (χ0v) is 13.4. The van der Waals surface area contributed by atoms with Crippen molar-refractivity contribution < 1.29 is 8.42 Å². The number of aromatic nitrogens is 1. The average molecular weight is 310 g/mol. The molecule has 1 N–H and O–H groups in total. The Morgan fingerprint density at radius 3 is 2.40 bits per heavy atom. The first-order valence-corrected chi connectivity index (χ1v) is 8.69. The summed E-state index contributed by atoms with van der Waals surface area (Å²) in [5.41, 5.74) is 1.12. The van der Waals surface area contributed by atoms with Crippen LogP contribution in [0.2, 0.25) is 0 Å². The molecule has 0 atom stereocenters. The highest BCUT2D eigenvalue weighted by Gasteiger charge is 2.14. The normalized spacial score (nSPS) is 12.0. The van der Waals surface area contributed by atoms with Crippen molar-refractivity contribution in [2.75, 3.05) is 0 Å². The van der Waals surface area contributed by atoms with Crippen LogP contribution in [0.3, 0.4) is 0 Å². The Balaban J connectivity index is 2.09. The third-order valence-electron chi connectivity index (χ3n) is 2.94. The van der Waals surface area contributed by atoms with E-state index in [4.69, 9.17) is 0 Å². The smallest absolute Gasteiger partial charge is 0.240 e. The number of hydrogen-bond acceptors (Lipinski definition) is 4. The van der Waals surface area contributed by atoms with E-state index in [1.165, 1.54) is 11.3 Å². The molecule has 0 aliphatic rings. The van der Waals surface area contributed by atoms with E-state index in [1.807, 2.05) is 19.1 Å². The molecule has 0 spiro atoms. The van der Waals surface area contributed by atoms with Gasteiger partial charge in [0.25, 0.3) is 0 Å². The summed E-state index contributed by atoms with van der Waals surface area (Å²) < 4.78 is 26.9. The Bertz CT molecular complexity index is 673. The maximum Gasteiger partial charge on any atom is 0.240 e. The Hall–Kier alpha value is -1.24. The molecule has 0 fully saturated rings. The number of aryl methyl sites for hydroxylation is 1. The maximum atomic E-state index is 12.2. The van der Waals surface area contributed by atoms with Gasteiger partial charge in [-0.15, -0.1) is 11.3 Å². The molecule has 0 bridgehead atoms. The van der Waals surface area contributed by atoms with Gasteiger partial charge in [0.2, 0.25) is 10.0 Å². The average Bonchev–Trinajstić information content (AvgIpc) is 2.82. The second-order valence-corrected chi connectivity index (χ2v) is 8.00. The zero-order valence-electron chi connectivity index (χ0n) is 11.8. The minimum atomic E-state index is -3.48. The van der Waals surface area contributed by atoms with Crippen molar-refractivity contribution in [3.63, 3.8) is 0 Å². The molecule has 1 heterocycles. The summed E-state index contributed by atoms with van der Waals surface area (Å²) >= 11 is 1.49. The number of sulfonamides is 1. The highest BCUT2D eigenvalue weighted by molar-refractivity contribution is 7.89. The highest BCUT2D eigenvalue weighted by atomic mass is 32.2. The van der Waals surface area contributed by atoms with E-state index in [-0.39, 0.29) is 11.4 Å². The van der Waals surface area contributed by atoms with E-state index in [9.17, 15) is 8.42 Å². The van der Waals surface area contributed by atoms with Crippen molar-refractivity contribution in [3.05, 3.63) is 45.9 Å². The van der Waals surface area contributed by atoms with Gasteiger partial charge >= 0.3 is 0 Å². The largest absolute Gasteiger partial charge is 0.248 e. The lowest BCUT2D eigenvalue weighted by atomic mass is 10.0. The monoisotopic (exact) mass is 310 g/mol. The Kier molecular flexibility index (Phi) is 4.57. The summed E-state index contributed by atoms with van der Waals surface area (Å²) in [5.74, 6) is 0.387. The third kappa shape index (κ3) is 3.65. The van der Waals surface area contributed by atoms with Gasteiger partial charge in [-0.25, -0.2) is 18.1 Å².